The number of rotatable bonds is 11. The van der Waals surface area contributed by atoms with Crippen molar-refractivity contribution in [3.63, 3.8) is 0 Å². The minimum atomic E-state index is 0.761. The van der Waals surface area contributed by atoms with E-state index in [4.69, 9.17) is 0 Å². The van der Waals surface area contributed by atoms with Crippen molar-refractivity contribution in [1.82, 2.24) is 5.32 Å². The summed E-state index contributed by atoms with van der Waals surface area (Å²) in [4.78, 5) is 2.51. The molecule has 0 radical (unpaired) electrons. The fourth-order valence-corrected chi connectivity index (χ4v) is 2.66. The molecule has 0 spiro atoms. The first-order valence-electron chi connectivity index (χ1n) is 8.66. The Morgan fingerprint density at radius 3 is 2.43 bits per heavy atom. The van der Waals surface area contributed by atoms with Crippen molar-refractivity contribution in [3.8, 4) is 0 Å². The van der Waals surface area contributed by atoms with Crippen LogP contribution >= 0.6 is 0 Å². The summed E-state index contributed by atoms with van der Waals surface area (Å²) >= 11 is 0. The lowest BCUT2D eigenvalue weighted by atomic mass is 10.1. The lowest BCUT2D eigenvalue weighted by Crippen LogP contribution is -2.24. The predicted octanol–water partition coefficient (Wildman–Crippen LogP) is 4.63. The van der Waals surface area contributed by atoms with Gasteiger partial charge in [-0.1, -0.05) is 44.9 Å². The highest BCUT2D eigenvalue weighted by atomic mass is 15.1. The molecule has 21 heavy (non-hydrogen) atoms. The summed E-state index contributed by atoms with van der Waals surface area (Å²) in [5.41, 5.74) is 2.79. The molecule has 0 unspecified atom stereocenters. The summed E-state index contributed by atoms with van der Waals surface area (Å²) in [5, 5.41) is 3.52. The van der Waals surface area contributed by atoms with Gasteiger partial charge in [0.25, 0.3) is 0 Å². The van der Waals surface area contributed by atoms with E-state index in [2.05, 4.69) is 62.2 Å². The normalized spacial score (nSPS) is 11.1. The molecule has 0 saturated heterocycles. The van der Waals surface area contributed by atoms with Gasteiger partial charge in [-0.2, -0.15) is 0 Å². The summed E-state index contributed by atoms with van der Waals surface area (Å²) in [5.74, 6) is 0.761. The fourth-order valence-electron chi connectivity index (χ4n) is 2.66. The lowest BCUT2D eigenvalue weighted by Gasteiger charge is -2.25. The van der Waals surface area contributed by atoms with Crippen molar-refractivity contribution in [2.45, 2.75) is 53.4 Å². The average molecular weight is 290 g/mol. The quantitative estimate of drug-likeness (QED) is 0.598. The van der Waals surface area contributed by atoms with Crippen LogP contribution in [0.4, 0.5) is 5.69 Å². The topological polar surface area (TPSA) is 15.3 Å². The maximum absolute atomic E-state index is 3.52. The third-order valence-electron chi connectivity index (χ3n) is 3.92. The zero-order chi connectivity index (χ0) is 15.5. The molecule has 0 heterocycles. The van der Waals surface area contributed by atoms with Crippen LogP contribution in [-0.4, -0.2) is 26.2 Å². The van der Waals surface area contributed by atoms with Crippen LogP contribution < -0.4 is 10.2 Å². The third-order valence-corrected chi connectivity index (χ3v) is 3.92. The number of anilines is 1. The van der Waals surface area contributed by atoms with Crippen LogP contribution in [-0.2, 0) is 0 Å². The van der Waals surface area contributed by atoms with Gasteiger partial charge in [0, 0.05) is 18.8 Å². The Morgan fingerprint density at radius 2 is 1.76 bits per heavy atom. The maximum Gasteiger partial charge on any atom is 0.0395 e. The first-order valence-corrected chi connectivity index (χ1v) is 8.66. The van der Waals surface area contributed by atoms with E-state index in [0.29, 0.717) is 0 Å². The largest absolute Gasteiger partial charge is 0.372 e. The first kappa shape index (κ1) is 18.0. The Hall–Kier alpha value is -1.02. The van der Waals surface area contributed by atoms with Crippen LogP contribution in [0.5, 0.6) is 0 Å². The second kappa shape index (κ2) is 10.7. The van der Waals surface area contributed by atoms with Gasteiger partial charge in [-0.3, -0.25) is 0 Å². The van der Waals surface area contributed by atoms with Gasteiger partial charge in [-0.05, 0) is 57.3 Å². The molecule has 1 N–H and O–H groups in total. The number of para-hydroxylation sites is 1. The van der Waals surface area contributed by atoms with Gasteiger partial charge >= 0.3 is 0 Å². The standard InChI is InChI=1S/C19H34N2/c1-5-21(19-13-9-8-12-18(19)4)15-11-7-6-10-14-20-16-17(2)3/h8-9,12-13,17,20H,5-7,10-11,14-16H2,1-4H3. The Kier molecular flexibility index (Phi) is 9.16. The van der Waals surface area contributed by atoms with E-state index in [1.807, 2.05) is 0 Å². The van der Waals surface area contributed by atoms with Gasteiger partial charge in [0.2, 0.25) is 0 Å². The molecule has 0 bridgehead atoms. The number of benzene rings is 1. The third kappa shape index (κ3) is 7.52. The molecular formula is C19H34N2. The number of unbranched alkanes of at least 4 members (excludes halogenated alkanes) is 3. The van der Waals surface area contributed by atoms with Crippen molar-refractivity contribution < 1.29 is 0 Å². The second-order valence-corrected chi connectivity index (χ2v) is 6.38. The number of hydrogen-bond acceptors (Lipinski definition) is 2. The van der Waals surface area contributed by atoms with Crippen molar-refractivity contribution in [2.75, 3.05) is 31.1 Å². The molecule has 2 nitrogen and oxygen atoms in total. The zero-order valence-electron chi connectivity index (χ0n) is 14.5. The molecule has 0 aliphatic rings. The molecule has 1 rings (SSSR count). The highest BCUT2D eigenvalue weighted by molar-refractivity contribution is 5.52. The maximum atomic E-state index is 3.52. The van der Waals surface area contributed by atoms with Gasteiger partial charge in [-0.25, -0.2) is 0 Å². The van der Waals surface area contributed by atoms with Crippen LogP contribution in [0.25, 0.3) is 0 Å². The lowest BCUT2D eigenvalue weighted by molar-refractivity contribution is 0.525. The molecule has 2 heteroatoms. The smallest absolute Gasteiger partial charge is 0.0395 e. The molecule has 0 saturated carbocycles. The van der Waals surface area contributed by atoms with Gasteiger partial charge in [-0.15, -0.1) is 0 Å². The summed E-state index contributed by atoms with van der Waals surface area (Å²) in [7, 11) is 0. The van der Waals surface area contributed by atoms with E-state index in [1.54, 1.807) is 0 Å². The monoisotopic (exact) mass is 290 g/mol. The fraction of sp³-hybridized carbons (Fsp3) is 0.684. The van der Waals surface area contributed by atoms with Crippen LogP contribution in [0.2, 0.25) is 0 Å². The molecule has 0 aliphatic heterocycles. The minimum Gasteiger partial charge on any atom is -0.372 e. The molecule has 0 fully saturated rings. The Bertz CT molecular complexity index is 374. The number of aryl methyl sites for hydroxylation is 1. The van der Waals surface area contributed by atoms with Crippen molar-refractivity contribution in [2.24, 2.45) is 5.92 Å². The van der Waals surface area contributed by atoms with Crippen LogP contribution in [0.15, 0.2) is 24.3 Å². The van der Waals surface area contributed by atoms with Gasteiger partial charge in [0.1, 0.15) is 0 Å². The highest BCUT2D eigenvalue weighted by Crippen LogP contribution is 2.19. The van der Waals surface area contributed by atoms with Crippen LogP contribution in [0.3, 0.4) is 0 Å². The van der Waals surface area contributed by atoms with Gasteiger partial charge in [0.05, 0.1) is 0 Å². The van der Waals surface area contributed by atoms with E-state index in [9.17, 15) is 0 Å². The van der Waals surface area contributed by atoms with Gasteiger partial charge in [0.15, 0.2) is 0 Å². The molecule has 1 aromatic carbocycles. The van der Waals surface area contributed by atoms with Crippen LogP contribution in [0, 0.1) is 12.8 Å². The molecule has 0 atom stereocenters. The van der Waals surface area contributed by atoms with Crippen molar-refractivity contribution >= 4 is 5.69 Å². The van der Waals surface area contributed by atoms with Crippen molar-refractivity contribution in [3.05, 3.63) is 29.8 Å². The summed E-state index contributed by atoms with van der Waals surface area (Å²) < 4.78 is 0. The molecule has 120 valence electrons. The Balaban J connectivity index is 2.15. The molecular weight excluding hydrogens is 256 g/mol. The Morgan fingerprint density at radius 1 is 1.05 bits per heavy atom. The molecule has 1 aromatic rings. The number of hydrogen-bond donors (Lipinski definition) is 1. The summed E-state index contributed by atoms with van der Waals surface area (Å²) in [6.07, 6.45) is 5.29. The van der Waals surface area contributed by atoms with Gasteiger partial charge < -0.3 is 10.2 Å². The molecule has 0 aromatic heterocycles. The van der Waals surface area contributed by atoms with E-state index >= 15 is 0 Å². The van der Waals surface area contributed by atoms with E-state index in [1.165, 1.54) is 50.0 Å². The van der Waals surface area contributed by atoms with E-state index < -0.39 is 0 Å². The van der Waals surface area contributed by atoms with Crippen molar-refractivity contribution in [1.29, 1.82) is 0 Å². The van der Waals surface area contributed by atoms with E-state index in [0.717, 1.165) is 19.0 Å². The predicted molar refractivity (Wildman–Crippen MR) is 95.2 cm³/mol. The number of nitrogens with one attached hydrogen (secondary N) is 1. The Labute approximate surface area is 131 Å². The zero-order valence-corrected chi connectivity index (χ0v) is 14.5. The van der Waals surface area contributed by atoms with E-state index in [-0.39, 0.29) is 0 Å². The molecule has 0 amide bonds. The minimum absolute atomic E-state index is 0.761. The number of nitrogens with zero attached hydrogens (tertiary/aromatic N) is 1. The SMILES string of the molecule is CCN(CCCCCCNCC(C)C)c1ccccc1C. The first-order chi connectivity index (χ1) is 10.1. The second-order valence-electron chi connectivity index (χ2n) is 6.38. The molecule has 0 aliphatic carbocycles. The summed E-state index contributed by atoms with van der Waals surface area (Å²) in [6.45, 7) is 13.6. The van der Waals surface area contributed by atoms with Crippen LogP contribution in [0.1, 0.15) is 52.0 Å². The highest BCUT2D eigenvalue weighted by Gasteiger charge is 2.05. The summed E-state index contributed by atoms with van der Waals surface area (Å²) in [6, 6.07) is 8.72. The average Bonchev–Trinajstić information content (AvgIpc) is 2.46.